The van der Waals surface area contributed by atoms with Gasteiger partial charge in [-0.1, -0.05) is 41.7 Å². The predicted molar refractivity (Wildman–Crippen MR) is 147 cm³/mol. The monoisotopic (exact) mass is 565 g/mol. The van der Waals surface area contributed by atoms with E-state index in [2.05, 4.69) is 5.16 Å². The number of aromatic nitrogens is 1. The van der Waals surface area contributed by atoms with Crippen LogP contribution in [0.1, 0.15) is 68.4 Å². The van der Waals surface area contributed by atoms with E-state index in [1.807, 2.05) is 24.3 Å². The van der Waals surface area contributed by atoms with Crippen LogP contribution in [-0.2, 0) is 27.4 Å². The maximum atomic E-state index is 14.3. The maximum absolute atomic E-state index is 14.3. The van der Waals surface area contributed by atoms with Gasteiger partial charge < -0.3 is 24.2 Å². The molecule has 1 saturated carbocycles. The van der Waals surface area contributed by atoms with E-state index in [1.165, 1.54) is 0 Å². The zero-order valence-electron chi connectivity index (χ0n) is 22.4. The number of halogens is 1. The van der Waals surface area contributed by atoms with Crippen molar-refractivity contribution >= 4 is 40.4 Å². The molecule has 2 fully saturated rings. The van der Waals surface area contributed by atoms with Crippen molar-refractivity contribution in [2.24, 2.45) is 11.3 Å². The standard InChI is InChI=1S/C30H32ClN3O6/c1-30(29(37)38)14-5-4-8-20(30)28(36)34-16-13-18-21(31)11-12-24(26(18)27(34)33-15-6-10-25(33)35)39-17-22-19-7-2-3-9-23(19)40-32-22/h2-3,7,9,11-12,20,27H,4-6,8,10,13-17H2,1H3,(H,37,38)/t20-,27-,30-/m0/s1. The maximum Gasteiger partial charge on any atom is 0.310 e. The summed E-state index contributed by atoms with van der Waals surface area (Å²) in [4.78, 5) is 43.2. The molecule has 6 rings (SSSR count). The summed E-state index contributed by atoms with van der Waals surface area (Å²) in [5, 5.41) is 15.7. The van der Waals surface area contributed by atoms with E-state index in [0.29, 0.717) is 72.8 Å². The van der Waals surface area contributed by atoms with Crippen molar-refractivity contribution in [1.82, 2.24) is 15.0 Å². The van der Waals surface area contributed by atoms with E-state index in [4.69, 9.17) is 20.9 Å². The van der Waals surface area contributed by atoms with Gasteiger partial charge in [0, 0.05) is 35.5 Å². The minimum absolute atomic E-state index is 0.0475. The Kier molecular flexibility index (Phi) is 6.94. The second-order valence-corrected chi connectivity index (χ2v) is 11.6. The number of carboxylic acids is 1. The average Bonchev–Trinajstić information content (AvgIpc) is 3.57. The molecule has 1 saturated heterocycles. The third kappa shape index (κ3) is 4.40. The highest BCUT2D eigenvalue weighted by Crippen LogP contribution is 2.47. The van der Waals surface area contributed by atoms with E-state index < -0.39 is 23.5 Å². The molecular formula is C30H32ClN3O6. The van der Waals surface area contributed by atoms with Gasteiger partial charge in [0.2, 0.25) is 11.8 Å². The molecule has 3 aromatic rings. The summed E-state index contributed by atoms with van der Waals surface area (Å²) in [5.74, 6) is -1.39. The normalized spacial score (nSPS) is 24.8. The number of carboxylic acid groups (broad SMARTS) is 1. The topological polar surface area (TPSA) is 113 Å². The molecular weight excluding hydrogens is 534 g/mol. The zero-order chi connectivity index (χ0) is 28.0. The first kappa shape index (κ1) is 26.6. The van der Waals surface area contributed by atoms with E-state index in [1.54, 1.807) is 28.9 Å². The van der Waals surface area contributed by atoms with Gasteiger partial charge in [-0.05, 0) is 62.4 Å². The number of amides is 2. The lowest BCUT2D eigenvalue weighted by Gasteiger charge is -2.46. The second-order valence-electron chi connectivity index (χ2n) is 11.2. The molecule has 210 valence electrons. The highest BCUT2D eigenvalue weighted by Gasteiger charge is 2.51. The predicted octanol–water partition coefficient (Wildman–Crippen LogP) is 5.35. The Morgan fingerprint density at radius 3 is 2.75 bits per heavy atom. The average molecular weight is 566 g/mol. The van der Waals surface area contributed by atoms with Crippen LogP contribution in [0.3, 0.4) is 0 Å². The number of benzene rings is 2. The number of aliphatic carboxylic acids is 1. The highest BCUT2D eigenvalue weighted by atomic mass is 35.5. The van der Waals surface area contributed by atoms with Gasteiger partial charge in [0.1, 0.15) is 24.2 Å². The van der Waals surface area contributed by atoms with Crippen molar-refractivity contribution in [3.05, 3.63) is 58.2 Å². The molecule has 2 aromatic carbocycles. The molecule has 2 amide bonds. The van der Waals surface area contributed by atoms with Crippen molar-refractivity contribution in [2.45, 2.75) is 64.6 Å². The van der Waals surface area contributed by atoms with E-state index in [0.717, 1.165) is 23.8 Å². The number of fused-ring (bicyclic) bond motifs is 2. The van der Waals surface area contributed by atoms with Crippen molar-refractivity contribution in [3.63, 3.8) is 0 Å². The van der Waals surface area contributed by atoms with Crippen LogP contribution in [0.25, 0.3) is 11.0 Å². The van der Waals surface area contributed by atoms with E-state index >= 15 is 0 Å². The summed E-state index contributed by atoms with van der Waals surface area (Å²) in [6, 6.07) is 11.1. The molecule has 1 aliphatic carbocycles. The first-order chi connectivity index (χ1) is 19.3. The fourth-order valence-electron chi connectivity index (χ4n) is 6.65. The number of para-hydroxylation sites is 1. The van der Waals surface area contributed by atoms with Crippen molar-refractivity contribution in [3.8, 4) is 5.75 Å². The van der Waals surface area contributed by atoms with E-state index in [9.17, 15) is 19.5 Å². The summed E-state index contributed by atoms with van der Waals surface area (Å²) in [6.45, 7) is 2.63. The molecule has 0 spiro atoms. The summed E-state index contributed by atoms with van der Waals surface area (Å²) in [6.07, 6.45) is 3.34. The lowest BCUT2D eigenvalue weighted by Crippen LogP contribution is -2.54. The molecule has 3 atom stereocenters. The largest absolute Gasteiger partial charge is 0.487 e. The Balaban J connectivity index is 1.40. The molecule has 1 N–H and O–H groups in total. The van der Waals surface area contributed by atoms with Crippen molar-refractivity contribution in [1.29, 1.82) is 0 Å². The van der Waals surface area contributed by atoms with Crippen LogP contribution in [0.15, 0.2) is 40.9 Å². The first-order valence-corrected chi connectivity index (χ1v) is 14.3. The van der Waals surface area contributed by atoms with Crippen molar-refractivity contribution < 1.29 is 28.8 Å². The summed E-state index contributed by atoms with van der Waals surface area (Å²) in [7, 11) is 0. The molecule has 0 bridgehead atoms. The van der Waals surface area contributed by atoms with Gasteiger partial charge in [-0.3, -0.25) is 14.4 Å². The third-order valence-corrected chi connectivity index (χ3v) is 9.27. The summed E-state index contributed by atoms with van der Waals surface area (Å²) in [5.41, 5.74) is 1.66. The summed E-state index contributed by atoms with van der Waals surface area (Å²) >= 11 is 6.70. The Bertz CT molecular complexity index is 1490. The number of ether oxygens (including phenoxy) is 1. The van der Waals surface area contributed by atoms with E-state index in [-0.39, 0.29) is 18.4 Å². The number of carbonyl (C=O) groups excluding carboxylic acids is 2. The Hall–Kier alpha value is -3.59. The fraction of sp³-hybridized carbons (Fsp3) is 0.467. The van der Waals surface area contributed by atoms with Crippen molar-refractivity contribution in [2.75, 3.05) is 13.1 Å². The number of likely N-dealkylation sites (tertiary alicyclic amines) is 1. The van der Waals surface area contributed by atoms with Crippen LogP contribution in [0.5, 0.6) is 5.75 Å². The Morgan fingerprint density at radius 1 is 1.15 bits per heavy atom. The van der Waals surface area contributed by atoms with Crippen LogP contribution in [-0.4, -0.2) is 50.9 Å². The van der Waals surface area contributed by atoms with Gasteiger partial charge in [-0.15, -0.1) is 0 Å². The first-order valence-electron chi connectivity index (χ1n) is 13.9. The highest BCUT2D eigenvalue weighted by molar-refractivity contribution is 6.31. The molecule has 0 radical (unpaired) electrons. The molecule has 40 heavy (non-hydrogen) atoms. The number of nitrogens with zero attached hydrogens (tertiary/aromatic N) is 3. The van der Waals surface area contributed by atoms with Gasteiger partial charge in [0.15, 0.2) is 5.58 Å². The van der Waals surface area contributed by atoms with Gasteiger partial charge in [-0.25, -0.2) is 0 Å². The molecule has 10 heteroatoms. The lowest BCUT2D eigenvalue weighted by atomic mass is 9.66. The third-order valence-electron chi connectivity index (χ3n) is 8.92. The lowest BCUT2D eigenvalue weighted by molar-refractivity contribution is -0.165. The number of rotatable bonds is 6. The van der Waals surface area contributed by atoms with Gasteiger partial charge in [0.25, 0.3) is 0 Å². The van der Waals surface area contributed by atoms with Gasteiger partial charge >= 0.3 is 5.97 Å². The Morgan fingerprint density at radius 2 is 1.98 bits per heavy atom. The summed E-state index contributed by atoms with van der Waals surface area (Å²) < 4.78 is 11.8. The zero-order valence-corrected chi connectivity index (χ0v) is 23.2. The number of hydrogen-bond acceptors (Lipinski definition) is 6. The van der Waals surface area contributed by atoms with Crippen LogP contribution < -0.4 is 4.74 Å². The minimum atomic E-state index is -1.16. The van der Waals surface area contributed by atoms with Crippen LogP contribution in [0, 0.1) is 11.3 Å². The molecule has 0 unspecified atom stereocenters. The molecule has 9 nitrogen and oxygen atoms in total. The number of carbonyl (C=O) groups is 3. The minimum Gasteiger partial charge on any atom is -0.487 e. The molecule has 3 heterocycles. The Labute approximate surface area is 237 Å². The van der Waals surface area contributed by atoms with Gasteiger partial charge in [0.05, 0.1) is 11.3 Å². The molecule has 3 aliphatic rings. The fourth-order valence-corrected chi connectivity index (χ4v) is 6.91. The number of hydrogen-bond donors (Lipinski definition) is 1. The van der Waals surface area contributed by atoms with Crippen LogP contribution in [0.2, 0.25) is 5.02 Å². The van der Waals surface area contributed by atoms with Gasteiger partial charge in [-0.2, -0.15) is 0 Å². The SMILES string of the molecule is C[C@]1(C(=O)O)CCCC[C@H]1C(=O)N1CCc2c(Cl)ccc(OCc3noc4ccccc34)c2[C@H]1N1CCCC1=O. The molecule has 2 aliphatic heterocycles. The molecule has 1 aromatic heterocycles. The smallest absolute Gasteiger partial charge is 0.310 e. The van der Waals surface area contributed by atoms with Crippen LogP contribution in [0.4, 0.5) is 0 Å². The second kappa shape index (κ2) is 10.4. The quantitative estimate of drug-likeness (QED) is 0.429. The van der Waals surface area contributed by atoms with Crippen LogP contribution >= 0.6 is 11.6 Å².